The lowest BCUT2D eigenvalue weighted by atomic mass is 9.75. The van der Waals surface area contributed by atoms with Gasteiger partial charge < -0.3 is 5.73 Å². The van der Waals surface area contributed by atoms with Crippen LogP contribution in [0, 0.1) is 5.41 Å². The number of carbonyl (C=O) groups is 1. The first-order valence-corrected chi connectivity index (χ1v) is 5.69. The standard InChI is InChI=1S/C13H21NO/c1-4-9-13(2,3)11-8-6-5-7-10(11)12(14)15/h6,8H,4-5,7,9H2,1-3H3,(H2,14,15). The zero-order valence-electron chi connectivity index (χ0n) is 9.97. The summed E-state index contributed by atoms with van der Waals surface area (Å²) in [6.45, 7) is 6.54. The third-order valence-corrected chi connectivity index (χ3v) is 3.07. The number of carbonyl (C=O) groups excluding carboxylic acids is 1. The number of amides is 1. The Morgan fingerprint density at radius 3 is 2.73 bits per heavy atom. The molecule has 84 valence electrons. The van der Waals surface area contributed by atoms with Crippen LogP contribution in [0.15, 0.2) is 23.3 Å². The van der Waals surface area contributed by atoms with Crippen molar-refractivity contribution in [3.8, 4) is 0 Å². The monoisotopic (exact) mass is 207 g/mol. The summed E-state index contributed by atoms with van der Waals surface area (Å²) in [7, 11) is 0. The van der Waals surface area contributed by atoms with Gasteiger partial charge in [-0.2, -0.15) is 0 Å². The van der Waals surface area contributed by atoms with Crippen LogP contribution in [0.25, 0.3) is 0 Å². The summed E-state index contributed by atoms with van der Waals surface area (Å²) in [6.07, 6.45) is 8.16. The van der Waals surface area contributed by atoms with Gasteiger partial charge in [0.1, 0.15) is 0 Å². The van der Waals surface area contributed by atoms with Crippen molar-refractivity contribution in [3.63, 3.8) is 0 Å². The Bertz CT molecular complexity index is 310. The second-order valence-electron chi connectivity index (χ2n) is 4.83. The second-order valence-corrected chi connectivity index (χ2v) is 4.83. The SMILES string of the molecule is CCCC(C)(C)C1=C(C(N)=O)CCC=C1. The highest BCUT2D eigenvalue weighted by Gasteiger charge is 2.26. The molecular formula is C13H21NO. The van der Waals surface area contributed by atoms with E-state index in [4.69, 9.17) is 5.73 Å². The minimum Gasteiger partial charge on any atom is -0.366 e. The molecular weight excluding hydrogens is 186 g/mol. The number of hydrogen-bond donors (Lipinski definition) is 1. The predicted octanol–water partition coefficient (Wildman–Crippen LogP) is 2.94. The quantitative estimate of drug-likeness (QED) is 0.756. The average Bonchev–Trinajstić information content (AvgIpc) is 2.17. The molecule has 0 saturated carbocycles. The van der Waals surface area contributed by atoms with Crippen LogP contribution >= 0.6 is 0 Å². The van der Waals surface area contributed by atoms with E-state index in [0.717, 1.165) is 36.8 Å². The van der Waals surface area contributed by atoms with Crippen molar-refractivity contribution in [2.24, 2.45) is 11.1 Å². The van der Waals surface area contributed by atoms with Gasteiger partial charge in [0, 0.05) is 5.57 Å². The molecule has 0 fully saturated rings. The zero-order valence-corrected chi connectivity index (χ0v) is 9.97. The normalized spacial score (nSPS) is 17.0. The van der Waals surface area contributed by atoms with Crippen molar-refractivity contribution in [2.75, 3.05) is 0 Å². The first kappa shape index (κ1) is 12.0. The molecule has 0 aromatic carbocycles. The fourth-order valence-electron chi connectivity index (χ4n) is 2.31. The van der Waals surface area contributed by atoms with Crippen molar-refractivity contribution in [1.29, 1.82) is 0 Å². The molecule has 2 heteroatoms. The molecule has 0 radical (unpaired) electrons. The minimum absolute atomic E-state index is 0.0655. The van der Waals surface area contributed by atoms with E-state index in [1.165, 1.54) is 0 Å². The van der Waals surface area contributed by atoms with E-state index >= 15 is 0 Å². The van der Waals surface area contributed by atoms with Gasteiger partial charge in [-0.25, -0.2) is 0 Å². The number of nitrogens with two attached hydrogens (primary N) is 1. The maximum atomic E-state index is 11.3. The van der Waals surface area contributed by atoms with Crippen LogP contribution in [-0.4, -0.2) is 5.91 Å². The van der Waals surface area contributed by atoms with Gasteiger partial charge in [-0.3, -0.25) is 4.79 Å². The highest BCUT2D eigenvalue weighted by atomic mass is 16.1. The van der Waals surface area contributed by atoms with Crippen molar-refractivity contribution in [3.05, 3.63) is 23.3 Å². The molecule has 0 aliphatic heterocycles. The fraction of sp³-hybridized carbons (Fsp3) is 0.615. The van der Waals surface area contributed by atoms with E-state index in [9.17, 15) is 4.79 Å². The summed E-state index contributed by atoms with van der Waals surface area (Å²) in [4.78, 5) is 11.3. The van der Waals surface area contributed by atoms with Crippen molar-refractivity contribution >= 4 is 5.91 Å². The lowest BCUT2D eigenvalue weighted by Gasteiger charge is -2.29. The van der Waals surface area contributed by atoms with Crippen molar-refractivity contribution in [1.82, 2.24) is 0 Å². The predicted molar refractivity (Wildman–Crippen MR) is 63.3 cm³/mol. The third-order valence-electron chi connectivity index (χ3n) is 3.07. The molecule has 0 atom stereocenters. The van der Waals surface area contributed by atoms with Crippen LogP contribution in [0.5, 0.6) is 0 Å². The molecule has 2 nitrogen and oxygen atoms in total. The summed E-state index contributed by atoms with van der Waals surface area (Å²) in [6, 6.07) is 0. The summed E-state index contributed by atoms with van der Waals surface area (Å²) >= 11 is 0. The first-order valence-electron chi connectivity index (χ1n) is 5.69. The Morgan fingerprint density at radius 1 is 1.53 bits per heavy atom. The Kier molecular flexibility index (Phi) is 3.72. The molecule has 0 saturated heterocycles. The molecule has 0 spiro atoms. The molecule has 1 amide bonds. The molecule has 15 heavy (non-hydrogen) atoms. The number of primary amides is 1. The van der Waals surface area contributed by atoms with Gasteiger partial charge in [-0.05, 0) is 30.3 Å². The Balaban J connectivity index is 3.07. The van der Waals surface area contributed by atoms with Gasteiger partial charge in [0.2, 0.25) is 5.91 Å². The maximum Gasteiger partial charge on any atom is 0.244 e. The van der Waals surface area contributed by atoms with Crippen LogP contribution in [0.2, 0.25) is 0 Å². The number of allylic oxidation sites excluding steroid dienone is 3. The Morgan fingerprint density at radius 2 is 2.20 bits per heavy atom. The van der Waals surface area contributed by atoms with E-state index in [0.29, 0.717) is 0 Å². The van der Waals surface area contributed by atoms with E-state index in [-0.39, 0.29) is 11.3 Å². The smallest absolute Gasteiger partial charge is 0.244 e. The summed E-state index contributed by atoms with van der Waals surface area (Å²) in [5, 5.41) is 0. The molecule has 0 bridgehead atoms. The molecule has 0 heterocycles. The summed E-state index contributed by atoms with van der Waals surface area (Å²) < 4.78 is 0. The molecule has 0 unspecified atom stereocenters. The van der Waals surface area contributed by atoms with Crippen molar-refractivity contribution < 1.29 is 4.79 Å². The average molecular weight is 207 g/mol. The van der Waals surface area contributed by atoms with E-state index in [1.54, 1.807) is 0 Å². The number of rotatable bonds is 4. The minimum atomic E-state index is -0.251. The molecule has 0 aromatic rings. The van der Waals surface area contributed by atoms with E-state index in [1.807, 2.05) is 0 Å². The number of hydrogen-bond acceptors (Lipinski definition) is 1. The molecule has 2 N–H and O–H groups in total. The largest absolute Gasteiger partial charge is 0.366 e. The van der Waals surface area contributed by atoms with Crippen LogP contribution in [0.4, 0.5) is 0 Å². The third kappa shape index (κ3) is 2.71. The summed E-state index contributed by atoms with van der Waals surface area (Å²) in [5.74, 6) is -0.251. The molecule has 1 aliphatic rings. The molecule has 1 rings (SSSR count). The second kappa shape index (κ2) is 4.65. The van der Waals surface area contributed by atoms with Crippen LogP contribution < -0.4 is 5.73 Å². The topological polar surface area (TPSA) is 43.1 Å². The summed E-state index contributed by atoms with van der Waals surface area (Å²) in [5.41, 5.74) is 7.46. The van der Waals surface area contributed by atoms with Crippen LogP contribution in [0.3, 0.4) is 0 Å². The highest BCUT2D eigenvalue weighted by Crippen LogP contribution is 2.37. The molecule has 1 aliphatic carbocycles. The van der Waals surface area contributed by atoms with E-state index < -0.39 is 0 Å². The zero-order chi connectivity index (χ0) is 11.5. The van der Waals surface area contributed by atoms with Gasteiger partial charge >= 0.3 is 0 Å². The first-order chi connectivity index (χ1) is 6.99. The fourth-order valence-corrected chi connectivity index (χ4v) is 2.31. The lowest BCUT2D eigenvalue weighted by molar-refractivity contribution is -0.114. The van der Waals surface area contributed by atoms with Gasteiger partial charge in [-0.15, -0.1) is 0 Å². The van der Waals surface area contributed by atoms with Crippen LogP contribution in [-0.2, 0) is 4.79 Å². The van der Waals surface area contributed by atoms with Gasteiger partial charge in [0.05, 0.1) is 0 Å². The van der Waals surface area contributed by atoms with Gasteiger partial charge in [0.15, 0.2) is 0 Å². The maximum absolute atomic E-state index is 11.3. The Hall–Kier alpha value is -1.05. The van der Waals surface area contributed by atoms with Crippen molar-refractivity contribution in [2.45, 2.75) is 46.5 Å². The van der Waals surface area contributed by atoms with Gasteiger partial charge in [-0.1, -0.05) is 39.3 Å². The molecule has 0 aromatic heterocycles. The lowest BCUT2D eigenvalue weighted by Crippen LogP contribution is -2.23. The highest BCUT2D eigenvalue weighted by molar-refractivity contribution is 5.93. The van der Waals surface area contributed by atoms with E-state index in [2.05, 4.69) is 32.9 Å². The van der Waals surface area contributed by atoms with Gasteiger partial charge in [0.25, 0.3) is 0 Å². The Labute approximate surface area is 92.2 Å². The van der Waals surface area contributed by atoms with Crippen LogP contribution in [0.1, 0.15) is 46.5 Å².